The molecule has 0 heterocycles. The van der Waals surface area contributed by atoms with Gasteiger partial charge in [-0.1, -0.05) is 15.9 Å². The average molecular weight is 500 g/mol. The van der Waals surface area contributed by atoms with Crippen LogP contribution in [0.2, 0.25) is 0 Å². The Morgan fingerprint density at radius 3 is 2.61 bits per heavy atom. The summed E-state index contributed by atoms with van der Waals surface area (Å²) in [5.41, 5.74) is 0.822. The van der Waals surface area contributed by atoms with Gasteiger partial charge in [-0.2, -0.15) is 0 Å². The third-order valence-electron chi connectivity index (χ3n) is 3.72. The van der Waals surface area contributed by atoms with Gasteiger partial charge in [0.15, 0.2) is 5.96 Å². The molecule has 1 aliphatic carbocycles. The van der Waals surface area contributed by atoms with Gasteiger partial charge in [-0.05, 0) is 56.4 Å². The zero-order valence-electron chi connectivity index (χ0n) is 13.2. The molecular weight excluding hydrogens is 476 g/mol. The molecule has 130 valence electrons. The lowest BCUT2D eigenvalue weighted by atomic mass is 9.93. The molecule has 4 nitrogen and oxygen atoms in total. The van der Waals surface area contributed by atoms with Crippen LogP contribution in [-0.4, -0.2) is 29.8 Å². The number of rotatable bonds is 4. The van der Waals surface area contributed by atoms with Gasteiger partial charge < -0.3 is 15.7 Å². The molecule has 0 amide bonds. The van der Waals surface area contributed by atoms with E-state index in [4.69, 9.17) is 0 Å². The van der Waals surface area contributed by atoms with Crippen LogP contribution in [0.4, 0.5) is 4.39 Å². The average Bonchev–Trinajstić information content (AvgIpc) is 2.46. The predicted molar refractivity (Wildman–Crippen MR) is 106 cm³/mol. The zero-order valence-corrected chi connectivity index (χ0v) is 17.1. The number of aliphatic hydroxyl groups is 1. The molecule has 7 heteroatoms. The van der Waals surface area contributed by atoms with Gasteiger partial charge in [0.2, 0.25) is 0 Å². The smallest absolute Gasteiger partial charge is 0.191 e. The van der Waals surface area contributed by atoms with Crippen LogP contribution in [-0.2, 0) is 6.54 Å². The number of hydrogen-bond donors (Lipinski definition) is 3. The van der Waals surface area contributed by atoms with Crippen LogP contribution >= 0.6 is 39.9 Å². The van der Waals surface area contributed by atoms with Crippen molar-refractivity contribution in [3.8, 4) is 0 Å². The van der Waals surface area contributed by atoms with Crippen molar-refractivity contribution in [3.05, 3.63) is 34.1 Å². The van der Waals surface area contributed by atoms with E-state index in [1.165, 1.54) is 12.1 Å². The van der Waals surface area contributed by atoms with Gasteiger partial charge in [-0.3, -0.25) is 0 Å². The molecule has 0 saturated heterocycles. The lowest BCUT2D eigenvalue weighted by molar-refractivity contribution is 0.120. The summed E-state index contributed by atoms with van der Waals surface area (Å²) < 4.78 is 14.1. The van der Waals surface area contributed by atoms with E-state index in [1.54, 1.807) is 0 Å². The van der Waals surface area contributed by atoms with Crippen molar-refractivity contribution in [2.45, 2.75) is 51.3 Å². The number of aliphatic imine (C=N–C) groups is 1. The third-order valence-corrected chi connectivity index (χ3v) is 4.18. The number of guanidine groups is 1. The molecule has 1 aromatic carbocycles. The van der Waals surface area contributed by atoms with Gasteiger partial charge in [0.25, 0.3) is 0 Å². The Kier molecular flexibility index (Phi) is 9.38. The number of benzene rings is 1. The number of aliphatic hydroxyl groups excluding tert-OH is 1. The van der Waals surface area contributed by atoms with E-state index >= 15 is 0 Å². The van der Waals surface area contributed by atoms with E-state index in [1.807, 2.05) is 13.0 Å². The van der Waals surface area contributed by atoms with E-state index in [-0.39, 0.29) is 35.9 Å². The van der Waals surface area contributed by atoms with Crippen LogP contribution in [0.5, 0.6) is 0 Å². The van der Waals surface area contributed by atoms with Crippen molar-refractivity contribution >= 4 is 45.9 Å². The predicted octanol–water partition coefficient (Wildman–Crippen LogP) is 3.56. The van der Waals surface area contributed by atoms with Crippen LogP contribution < -0.4 is 10.6 Å². The highest BCUT2D eigenvalue weighted by atomic mass is 127. The van der Waals surface area contributed by atoms with Gasteiger partial charge in [-0.15, -0.1) is 24.0 Å². The maximum absolute atomic E-state index is 13.4. The van der Waals surface area contributed by atoms with Crippen molar-refractivity contribution in [2.24, 2.45) is 4.99 Å². The van der Waals surface area contributed by atoms with Crippen LogP contribution in [0.15, 0.2) is 27.7 Å². The van der Waals surface area contributed by atoms with E-state index in [9.17, 15) is 9.50 Å². The van der Waals surface area contributed by atoms with Gasteiger partial charge in [0, 0.05) is 17.1 Å². The van der Waals surface area contributed by atoms with E-state index in [0.717, 1.165) is 48.2 Å². The molecule has 0 radical (unpaired) electrons. The van der Waals surface area contributed by atoms with Crippen LogP contribution in [0, 0.1) is 5.82 Å². The SMILES string of the molecule is CCNC(=NCc1cc(F)cc(Br)c1)NC1CCC(O)CC1.I. The number of halogens is 3. The Morgan fingerprint density at radius 1 is 1.30 bits per heavy atom. The second-order valence-corrected chi connectivity index (χ2v) is 6.54. The van der Waals surface area contributed by atoms with E-state index < -0.39 is 0 Å². The fraction of sp³-hybridized carbons (Fsp3) is 0.562. The molecule has 0 bridgehead atoms. The first-order valence-corrected chi connectivity index (χ1v) is 8.54. The minimum absolute atomic E-state index is 0. The third kappa shape index (κ3) is 7.34. The Bertz CT molecular complexity index is 502. The monoisotopic (exact) mass is 499 g/mol. The summed E-state index contributed by atoms with van der Waals surface area (Å²) in [6.07, 6.45) is 3.37. The molecule has 0 atom stereocenters. The summed E-state index contributed by atoms with van der Waals surface area (Å²) in [5, 5.41) is 16.2. The molecule has 1 saturated carbocycles. The van der Waals surface area contributed by atoms with Crippen molar-refractivity contribution in [1.82, 2.24) is 10.6 Å². The lowest BCUT2D eigenvalue weighted by Crippen LogP contribution is -2.45. The lowest BCUT2D eigenvalue weighted by Gasteiger charge is -2.27. The molecule has 23 heavy (non-hydrogen) atoms. The molecule has 1 aromatic rings. The normalized spacial score (nSPS) is 21.5. The number of nitrogens with one attached hydrogen (secondary N) is 2. The molecule has 0 unspecified atom stereocenters. The first kappa shape index (κ1) is 20.6. The Morgan fingerprint density at radius 2 is 2.00 bits per heavy atom. The number of nitrogens with zero attached hydrogens (tertiary/aromatic N) is 1. The Labute approximate surface area is 162 Å². The quantitative estimate of drug-likeness (QED) is 0.337. The highest BCUT2D eigenvalue weighted by Crippen LogP contribution is 2.18. The van der Waals surface area contributed by atoms with Gasteiger partial charge >= 0.3 is 0 Å². The molecule has 0 aliphatic heterocycles. The first-order chi connectivity index (χ1) is 10.6. The molecule has 0 aromatic heterocycles. The Balaban J connectivity index is 0.00000264. The summed E-state index contributed by atoms with van der Waals surface area (Å²) in [6.45, 7) is 3.20. The van der Waals surface area contributed by atoms with Gasteiger partial charge in [-0.25, -0.2) is 9.38 Å². The second kappa shape index (κ2) is 10.5. The Hall–Kier alpha value is -0.410. The van der Waals surface area contributed by atoms with E-state index in [0.29, 0.717) is 12.6 Å². The van der Waals surface area contributed by atoms with Crippen LogP contribution in [0.1, 0.15) is 38.2 Å². The summed E-state index contributed by atoms with van der Waals surface area (Å²) in [6, 6.07) is 5.13. The molecule has 1 fully saturated rings. The van der Waals surface area contributed by atoms with Crippen LogP contribution in [0.25, 0.3) is 0 Å². The molecule has 3 N–H and O–H groups in total. The summed E-state index contributed by atoms with van der Waals surface area (Å²) in [5.74, 6) is 0.475. The summed E-state index contributed by atoms with van der Waals surface area (Å²) in [7, 11) is 0. The highest BCUT2D eigenvalue weighted by molar-refractivity contribution is 14.0. The first-order valence-electron chi connectivity index (χ1n) is 7.74. The second-order valence-electron chi connectivity index (χ2n) is 5.62. The van der Waals surface area contributed by atoms with E-state index in [2.05, 4.69) is 31.6 Å². The molecule has 0 spiro atoms. The highest BCUT2D eigenvalue weighted by Gasteiger charge is 2.19. The fourth-order valence-electron chi connectivity index (χ4n) is 2.61. The van der Waals surface area contributed by atoms with Crippen molar-refractivity contribution < 1.29 is 9.50 Å². The molecule has 2 rings (SSSR count). The van der Waals surface area contributed by atoms with Crippen LogP contribution in [0.3, 0.4) is 0 Å². The minimum atomic E-state index is -0.265. The maximum atomic E-state index is 13.4. The van der Waals surface area contributed by atoms with Crippen molar-refractivity contribution in [3.63, 3.8) is 0 Å². The fourth-order valence-corrected chi connectivity index (χ4v) is 3.12. The standard InChI is InChI=1S/C16H23BrFN3O.HI/c1-2-19-16(21-14-3-5-15(22)6-4-14)20-10-11-7-12(17)9-13(18)8-11;/h7-9,14-15,22H,2-6,10H2,1H3,(H2,19,20,21);1H. The topological polar surface area (TPSA) is 56.7 Å². The van der Waals surface area contributed by atoms with Gasteiger partial charge in [0.05, 0.1) is 12.6 Å². The summed E-state index contributed by atoms with van der Waals surface area (Å²) >= 11 is 3.29. The molecular formula is C16H24BrFIN3O. The van der Waals surface area contributed by atoms with Crippen molar-refractivity contribution in [2.75, 3.05) is 6.54 Å². The van der Waals surface area contributed by atoms with Crippen molar-refractivity contribution in [1.29, 1.82) is 0 Å². The van der Waals surface area contributed by atoms with Gasteiger partial charge in [0.1, 0.15) is 5.82 Å². The summed E-state index contributed by atoms with van der Waals surface area (Å²) in [4.78, 5) is 4.52. The zero-order chi connectivity index (χ0) is 15.9. The maximum Gasteiger partial charge on any atom is 0.191 e. The minimum Gasteiger partial charge on any atom is -0.393 e. The largest absolute Gasteiger partial charge is 0.393 e. The molecule has 1 aliphatic rings. The number of hydrogen-bond acceptors (Lipinski definition) is 2.